The third kappa shape index (κ3) is 4.20. The fourth-order valence-corrected chi connectivity index (χ4v) is 5.81. The zero-order valence-electron chi connectivity index (χ0n) is 22.8. The fourth-order valence-electron chi connectivity index (χ4n) is 5.81. The molecule has 7 rings (SSSR count). The Hall–Kier alpha value is -5.40. The van der Waals surface area contributed by atoms with Gasteiger partial charge in [-0.15, -0.1) is 0 Å². The molecule has 0 saturated carbocycles. The molecule has 0 amide bonds. The van der Waals surface area contributed by atoms with Gasteiger partial charge in [0.2, 0.25) is 0 Å². The van der Waals surface area contributed by atoms with E-state index in [1.54, 1.807) is 0 Å². The topological polar surface area (TPSA) is 62.5 Å². The summed E-state index contributed by atoms with van der Waals surface area (Å²) in [7, 11) is 0. The maximum atomic E-state index is 9.75. The smallest absolute Gasteiger partial charge is 0.164 e. The summed E-state index contributed by atoms with van der Waals surface area (Å²) < 4.78 is 0. The first-order chi connectivity index (χ1) is 20.0. The minimum absolute atomic E-state index is 0.181. The molecule has 0 spiro atoms. The molecule has 5 aromatic carbocycles. The molecule has 194 valence electrons. The van der Waals surface area contributed by atoms with E-state index in [0.29, 0.717) is 17.5 Å². The highest BCUT2D eigenvalue weighted by molar-refractivity contribution is 5.87. The van der Waals surface area contributed by atoms with Gasteiger partial charge in [0.25, 0.3) is 0 Å². The lowest BCUT2D eigenvalue weighted by Gasteiger charge is -2.22. The number of fused-ring (bicyclic) bond motifs is 3. The van der Waals surface area contributed by atoms with Crippen molar-refractivity contribution in [3.8, 4) is 62.5 Å². The summed E-state index contributed by atoms with van der Waals surface area (Å²) in [6.07, 6.45) is 0. The molecule has 0 N–H and O–H groups in total. The summed E-state index contributed by atoms with van der Waals surface area (Å²) in [5, 5.41) is 9.75. The Morgan fingerprint density at radius 3 is 1.59 bits per heavy atom. The lowest BCUT2D eigenvalue weighted by atomic mass is 9.81. The molecule has 0 bridgehead atoms. The molecular weight excluding hydrogens is 500 g/mol. The number of hydrogen-bond donors (Lipinski definition) is 0. The van der Waals surface area contributed by atoms with Gasteiger partial charge in [-0.3, -0.25) is 0 Å². The number of aromatic nitrogens is 3. The Morgan fingerprint density at radius 1 is 0.512 bits per heavy atom. The summed E-state index contributed by atoms with van der Waals surface area (Å²) >= 11 is 0. The average molecular weight is 527 g/mol. The maximum Gasteiger partial charge on any atom is 0.164 e. The quantitative estimate of drug-likeness (QED) is 0.230. The molecule has 1 heterocycles. The van der Waals surface area contributed by atoms with Crippen LogP contribution in [0.1, 0.15) is 30.5 Å². The molecule has 6 aromatic rings. The standard InChI is InChI=1S/C37H26N4/c1-37(2)31-15-9-14-29(23-38)33(31)30-21-20-28(22-32(30)37)24-16-18-27(19-17-24)36-40-34(25-10-5-3-6-11-25)39-35(41-36)26-12-7-4-8-13-26/h3-22H,1-2H3. The monoisotopic (exact) mass is 526 g/mol. The molecular formula is C37H26N4. The third-order valence-electron chi connectivity index (χ3n) is 8.00. The fraction of sp³-hybridized carbons (Fsp3) is 0.0811. The van der Waals surface area contributed by atoms with E-state index >= 15 is 0 Å². The van der Waals surface area contributed by atoms with Crippen LogP contribution in [0, 0.1) is 11.3 Å². The second-order valence-corrected chi connectivity index (χ2v) is 10.8. The van der Waals surface area contributed by atoms with Gasteiger partial charge in [0.1, 0.15) is 0 Å². The van der Waals surface area contributed by atoms with E-state index in [9.17, 15) is 5.26 Å². The molecule has 1 aliphatic carbocycles. The van der Waals surface area contributed by atoms with Crippen molar-refractivity contribution in [1.82, 2.24) is 15.0 Å². The van der Waals surface area contributed by atoms with Crippen LogP contribution in [0.3, 0.4) is 0 Å². The molecule has 1 aromatic heterocycles. The first-order valence-electron chi connectivity index (χ1n) is 13.7. The Bertz CT molecular complexity index is 1890. The largest absolute Gasteiger partial charge is 0.208 e. The molecule has 4 heteroatoms. The van der Waals surface area contributed by atoms with Gasteiger partial charge < -0.3 is 0 Å². The van der Waals surface area contributed by atoms with E-state index < -0.39 is 0 Å². The van der Waals surface area contributed by atoms with Crippen LogP contribution in [0.5, 0.6) is 0 Å². The zero-order valence-corrected chi connectivity index (χ0v) is 22.8. The second kappa shape index (κ2) is 9.66. The van der Waals surface area contributed by atoms with Gasteiger partial charge in [-0.05, 0) is 39.9 Å². The SMILES string of the molecule is CC1(C)c2cc(-c3ccc(-c4nc(-c5ccccc5)nc(-c5ccccc5)n4)cc3)ccc2-c2c(C#N)cccc21. The number of benzene rings is 5. The maximum absolute atomic E-state index is 9.75. The summed E-state index contributed by atoms with van der Waals surface area (Å²) in [6.45, 7) is 4.47. The van der Waals surface area contributed by atoms with Crippen LogP contribution in [0.4, 0.5) is 0 Å². The average Bonchev–Trinajstić information content (AvgIpc) is 3.27. The number of nitrogens with zero attached hydrogens (tertiary/aromatic N) is 4. The van der Waals surface area contributed by atoms with Gasteiger partial charge in [-0.2, -0.15) is 5.26 Å². The highest BCUT2D eigenvalue weighted by Crippen LogP contribution is 2.50. The molecule has 1 aliphatic rings. The van der Waals surface area contributed by atoms with Crippen molar-refractivity contribution in [3.63, 3.8) is 0 Å². The van der Waals surface area contributed by atoms with Gasteiger partial charge in [0.15, 0.2) is 17.5 Å². The molecule has 0 saturated heterocycles. The van der Waals surface area contributed by atoms with Gasteiger partial charge in [0, 0.05) is 27.7 Å². The predicted molar refractivity (Wildman–Crippen MR) is 164 cm³/mol. The summed E-state index contributed by atoms with van der Waals surface area (Å²) in [5.41, 5.74) is 10.3. The summed E-state index contributed by atoms with van der Waals surface area (Å²) in [5.74, 6) is 1.94. The lowest BCUT2D eigenvalue weighted by molar-refractivity contribution is 0.660. The molecule has 0 aliphatic heterocycles. The van der Waals surface area contributed by atoms with Crippen LogP contribution in [0.15, 0.2) is 121 Å². The molecule has 0 atom stereocenters. The number of hydrogen-bond acceptors (Lipinski definition) is 4. The molecule has 0 unspecified atom stereocenters. The number of rotatable bonds is 4. The van der Waals surface area contributed by atoms with Crippen molar-refractivity contribution >= 4 is 0 Å². The van der Waals surface area contributed by atoms with Crippen molar-refractivity contribution < 1.29 is 0 Å². The van der Waals surface area contributed by atoms with Crippen LogP contribution in [-0.4, -0.2) is 15.0 Å². The first-order valence-corrected chi connectivity index (χ1v) is 13.7. The van der Waals surface area contributed by atoms with Crippen LogP contribution in [-0.2, 0) is 5.41 Å². The van der Waals surface area contributed by atoms with E-state index in [4.69, 9.17) is 15.0 Å². The number of nitriles is 1. The van der Waals surface area contributed by atoms with Gasteiger partial charge in [0.05, 0.1) is 11.6 Å². The Morgan fingerprint density at radius 2 is 1.02 bits per heavy atom. The van der Waals surface area contributed by atoms with E-state index in [1.807, 2.05) is 72.8 Å². The summed E-state index contributed by atoms with van der Waals surface area (Å²) in [4.78, 5) is 14.5. The van der Waals surface area contributed by atoms with Gasteiger partial charge in [-0.1, -0.05) is 123 Å². The predicted octanol–water partition coefficient (Wildman–Crippen LogP) is 8.72. The third-order valence-corrected chi connectivity index (χ3v) is 8.00. The molecule has 4 nitrogen and oxygen atoms in total. The van der Waals surface area contributed by atoms with E-state index in [-0.39, 0.29) is 5.41 Å². The first kappa shape index (κ1) is 24.6. The second-order valence-electron chi connectivity index (χ2n) is 10.8. The Balaban J connectivity index is 1.28. The van der Waals surface area contributed by atoms with Gasteiger partial charge >= 0.3 is 0 Å². The van der Waals surface area contributed by atoms with Crippen molar-refractivity contribution in [2.75, 3.05) is 0 Å². The minimum Gasteiger partial charge on any atom is -0.208 e. The molecule has 41 heavy (non-hydrogen) atoms. The minimum atomic E-state index is -0.181. The Kier molecular flexibility index (Phi) is 5.80. The van der Waals surface area contributed by atoms with Gasteiger partial charge in [-0.25, -0.2) is 15.0 Å². The van der Waals surface area contributed by atoms with Crippen LogP contribution in [0.2, 0.25) is 0 Å². The van der Waals surface area contributed by atoms with Crippen molar-refractivity contribution in [3.05, 3.63) is 138 Å². The zero-order chi connectivity index (χ0) is 28.0. The lowest BCUT2D eigenvalue weighted by Crippen LogP contribution is -2.15. The van der Waals surface area contributed by atoms with E-state index in [2.05, 4.69) is 68.4 Å². The highest BCUT2D eigenvalue weighted by atomic mass is 15.0. The van der Waals surface area contributed by atoms with Crippen molar-refractivity contribution in [1.29, 1.82) is 5.26 Å². The van der Waals surface area contributed by atoms with E-state index in [0.717, 1.165) is 44.5 Å². The molecule has 0 fully saturated rings. The van der Waals surface area contributed by atoms with Crippen molar-refractivity contribution in [2.45, 2.75) is 19.3 Å². The molecule has 0 radical (unpaired) electrons. The normalized spacial score (nSPS) is 12.8. The van der Waals surface area contributed by atoms with Crippen LogP contribution in [0.25, 0.3) is 56.4 Å². The van der Waals surface area contributed by atoms with E-state index in [1.165, 1.54) is 11.1 Å². The summed E-state index contributed by atoms with van der Waals surface area (Å²) in [6, 6.07) is 43.4. The van der Waals surface area contributed by atoms with Crippen LogP contribution < -0.4 is 0 Å². The van der Waals surface area contributed by atoms with Crippen LogP contribution >= 0.6 is 0 Å². The van der Waals surface area contributed by atoms with Crippen molar-refractivity contribution in [2.24, 2.45) is 0 Å². The Labute approximate surface area is 239 Å². The highest BCUT2D eigenvalue weighted by Gasteiger charge is 2.36.